The van der Waals surface area contributed by atoms with Crippen molar-refractivity contribution < 1.29 is 9.63 Å². The Labute approximate surface area is 66.3 Å². The lowest BCUT2D eigenvalue weighted by Crippen LogP contribution is -2.33. The number of Topliss-reactive ketones (excluding diaryl/α,β-unsaturated/α-hetero) is 1. The molecule has 60 valence electrons. The lowest BCUT2D eigenvalue weighted by atomic mass is 10.1. The average Bonchev–Trinajstić information content (AvgIpc) is 2.04. The largest absolute Gasteiger partial charge is 0.300 e. The number of nitrogens with zero attached hydrogens (tertiary/aromatic N) is 1. The molecule has 0 saturated carbocycles. The SMILES string of the molecule is C#CCON1CCC(=O)CC1. The predicted octanol–water partition coefficient (Wildman–Crippen LogP) is 0.216. The molecular formula is C8H11NO2. The Morgan fingerprint density at radius 3 is 2.73 bits per heavy atom. The van der Waals surface area contributed by atoms with Gasteiger partial charge >= 0.3 is 0 Å². The first-order chi connectivity index (χ1) is 5.33. The number of ketones is 1. The van der Waals surface area contributed by atoms with Gasteiger partial charge in [-0.2, -0.15) is 5.06 Å². The van der Waals surface area contributed by atoms with E-state index in [1.165, 1.54) is 0 Å². The molecule has 0 N–H and O–H groups in total. The van der Waals surface area contributed by atoms with Gasteiger partial charge in [0.25, 0.3) is 0 Å². The second-order valence-corrected chi connectivity index (χ2v) is 2.45. The van der Waals surface area contributed by atoms with E-state index in [-0.39, 0.29) is 0 Å². The van der Waals surface area contributed by atoms with Gasteiger partial charge in [-0.15, -0.1) is 6.42 Å². The minimum absolute atomic E-state index is 0.300. The van der Waals surface area contributed by atoms with E-state index in [1.54, 1.807) is 5.06 Å². The molecule has 0 aliphatic carbocycles. The lowest BCUT2D eigenvalue weighted by molar-refractivity contribution is -0.163. The Morgan fingerprint density at radius 2 is 2.18 bits per heavy atom. The van der Waals surface area contributed by atoms with Gasteiger partial charge in [-0.25, -0.2) is 0 Å². The number of hydroxylamine groups is 2. The van der Waals surface area contributed by atoms with Crippen LogP contribution < -0.4 is 0 Å². The first kappa shape index (κ1) is 8.25. The Balaban J connectivity index is 2.18. The zero-order chi connectivity index (χ0) is 8.10. The summed E-state index contributed by atoms with van der Waals surface area (Å²) >= 11 is 0. The summed E-state index contributed by atoms with van der Waals surface area (Å²) in [5.41, 5.74) is 0. The Hall–Kier alpha value is -0.850. The maximum absolute atomic E-state index is 10.8. The molecule has 0 spiro atoms. The van der Waals surface area contributed by atoms with Crippen molar-refractivity contribution in [2.24, 2.45) is 0 Å². The molecule has 0 aromatic heterocycles. The number of piperidine rings is 1. The highest BCUT2D eigenvalue weighted by molar-refractivity contribution is 5.79. The summed E-state index contributed by atoms with van der Waals surface area (Å²) < 4.78 is 0. The highest BCUT2D eigenvalue weighted by Crippen LogP contribution is 2.04. The van der Waals surface area contributed by atoms with Crippen LogP contribution in [0.15, 0.2) is 0 Å². The number of hydrogen-bond donors (Lipinski definition) is 0. The molecule has 0 aromatic rings. The van der Waals surface area contributed by atoms with Crippen LogP contribution in [0.5, 0.6) is 0 Å². The van der Waals surface area contributed by atoms with Crippen molar-refractivity contribution in [1.29, 1.82) is 0 Å². The van der Waals surface area contributed by atoms with E-state index in [2.05, 4.69) is 5.92 Å². The van der Waals surface area contributed by atoms with E-state index in [4.69, 9.17) is 11.3 Å². The van der Waals surface area contributed by atoms with Crippen molar-refractivity contribution in [2.75, 3.05) is 19.7 Å². The monoisotopic (exact) mass is 153 g/mol. The van der Waals surface area contributed by atoms with Crippen LogP contribution in [0, 0.1) is 12.3 Å². The van der Waals surface area contributed by atoms with E-state index in [0.29, 0.717) is 38.3 Å². The molecule has 1 saturated heterocycles. The molecule has 0 aromatic carbocycles. The van der Waals surface area contributed by atoms with E-state index in [9.17, 15) is 4.79 Å². The van der Waals surface area contributed by atoms with Gasteiger partial charge in [0.1, 0.15) is 12.4 Å². The third-order valence-corrected chi connectivity index (χ3v) is 1.61. The standard InChI is InChI=1S/C8H11NO2/c1-2-7-11-9-5-3-8(10)4-6-9/h1H,3-7H2. The highest BCUT2D eigenvalue weighted by atomic mass is 16.7. The first-order valence-electron chi connectivity index (χ1n) is 3.66. The Morgan fingerprint density at radius 1 is 1.55 bits per heavy atom. The molecule has 3 heteroatoms. The molecule has 3 nitrogen and oxygen atoms in total. The van der Waals surface area contributed by atoms with Crippen molar-refractivity contribution >= 4 is 5.78 Å². The van der Waals surface area contributed by atoms with Gasteiger partial charge < -0.3 is 0 Å². The van der Waals surface area contributed by atoms with E-state index in [0.717, 1.165) is 0 Å². The summed E-state index contributed by atoms with van der Waals surface area (Å²) in [6.07, 6.45) is 6.18. The van der Waals surface area contributed by atoms with Crippen molar-refractivity contribution in [1.82, 2.24) is 5.06 Å². The fourth-order valence-corrected chi connectivity index (χ4v) is 0.993. The van der Waals surface area contributed by atoms with Gasteiger partial charge in [-0.1, -0.05) is 5.92 Å². The summed E-state index contributed by atoms with van der Waals surface area (Å²) in [7, 11) is 0. The number of rotatable bonds is 2. The third-order valence-electron chi connectivity index (χ3n) is 1.61. The number of terminal acetylenes is 1. The topological polar surface area (TPSA) is 29.5 Å². The van der Waals surface area contributed by atoms with E-state index in [1.807, 2.05) is 0 Å². The fraction of sp³-hybridized carbons (Fsp3) is 0.625. The molecule has 0 unspecified atom stereocenters. The van der Waals surface area contributed by atoms with Crippen LogP contribution in [-0.4, -0.2) is 30.5 Å². The summed E-state index contributed by atoms with van der Waals surface area (Å²) in [4.78, 5) is 15.9. The molecule has 0 atom stereocenters. The minimum Gasteiger partial charge on any atom is -0.300 e. The van der Waals surface area contributed by atoms with Crippen LogP contribution in [0.2, 0.25) is 0 Å². The molecule has 11 heavy (non-hydrogen) atoms. The molecular weight excluding hydrogens is 142 g/mol. The van der Waals surface area contributed by atoms with Crippen molar-refractivity contribution in [2.45, 2.75) is 12.8 Å². The van der Waals surface area contributed by atoms with Gasteiger partial charge in [0.05, 0.1) is 0 Å². The normalized spacial score (nSPS) is 19.7. The minimum atomic E-state index is 0.300. The van der Waals surface area contributed by atoms with Crippen molar-refractivity contribution in [3.05, 3.63) is 0 Å². The second-order valence-electron chi connectivity index (χ2n) is 2.45. The Bertz CT molecular complexity index is 173. The summed E-state index contributed by atoms with van der Waals surface area (Å²) in [6.45, 7) is 1.66. The van der Waals surface area contributed by atoms with E-state index < -0.39 is 0 Å². The first-order valence-corrected chi connectivity index (χ1v) is 3.66. The fourth-order valence-electron chi connectivity index (χ4n) is 0.993. The molecule has 0 amide bonds. The average molecular weight is 153 g/mol. The van der Waals surface area contributed by atoms with Crippen LogP contribution in [0.3, 0.4) is 0 Å². The molecule has 0 radical (unpaired) electrons. The molecule has 0 bridgehead atoms. The molecule has 1 heterocycles. The molecule has 1 aliphatic heterocycles. The van der Waals surface area contributed by atoms with Crippen LogP contribution in [0.4, 0.5) is 0 Å². The Kier molecular flexibility index (Phi) is 3.09. The number of hydrogen-bond acceptors (Lipinski definition) is 3. The summed E-state index contributed by atoms with van der Waals surface area (Å²) in [5.74, 6) is 2.69. The van der Waals surface area contributed by atoms with Gasteiger partial charge in [0, 0.05) is 25.9 Å². The number of carbonyl (C=O) groups excluding carboxylic acids is 1. The number of carbonyl (C=O) groups is 1. The van der Waals surface area contributed by atoms with Crippen LogP contribution >= 0.6 is 0 Å². The zero-order valence-electron chi connectivity index (χ0n) is 6.38. The summed E-state index contributed by atoms with van der Waals surface area (Å²) in [6, 6.07) is 0. The maximum Gasteiger partial charge on any atom is 0.135 e. The predicted molar refractivity (Wildman–Crippen MR) is 40.6 cm³/mol. The van der Waals surface area contributed by atoms with Crippen LogP contribution in [-0.2, 0) is 9.63 Å². The van der Waals surface area contributed by atoms with E-state index >= 15 is 0 Å². The van der Waals surface area contributed by atoms with Crippen LogP contribution in [0.25, 0.3) is 0 Å². The summed E-state index contributed by atoms with van der Waals surface area (Å²) in [5, 5.41) is 1.75. The zero-order valence-corrected chi connectivity index (χ0v) is 6.38. The van der Waals surface area contributed by atoms with Gasteiger partial charge in [-0.05, 0) is 0 Å². The van der Waals surface area contributed by atoms with Gasteiger partial charge in [-0.3, -0.25) is 9.63 Å². The molecule has 1 fully saturated rings. The lowest BCUT2D eigenvalue weighted by Gasteiger charge is -2.23. The maximum atomic E-state index is 10.8. The highest BCUT2D eigenvalue weighted by Gasteiger charge is 2.15. The van der Waals surface area contributed by atoms with Gasteiger partial charge in [0.15, 0.2) is 0 Å². The molecule has 1 rings (SSSR count). The third kappa shape index (κ3) is 2.71. The second kappa shape index (κ2) is 4.12. The molecule has 1 aliphatic rings. The smallest absolute Gasteiger partial charge is 0.135 e. The van der Waals surface area contributed by atoms with Crippen molar-refractivity contribution in [3.63, 3.8) is 0 Å². The quantitative estimate of drug-likeness (QED) is 0.531. The van der Waals surface area contributed by atoms with Gasteiger partial charge in [0.2, 0.25) is 0 Å². The van der Waals surface area contributed by atoms with Crippen molar-refractivity contribution in [3.8, 4) is 12.3 Å². The van der Waals surface area contributed by atoms with Crippen LogP contribution in [0.1, 0.15) is 12.8 Å².